The fourth-order valence-corrected chi connectivity index (χ4v) is 2.92. The minimum Gasteiger partial charge on any atom is -0.487 e. The van der Waals surface area contributed by atoms with Gasteiger partial charge in [0.25, 0.3) is 5.69 Å². The SMILES string of the molecule is CCC1(CC)C(O)CC1Oc1ccc([N+](=O)[O-])cc1F. The Balaban J connectivity index is 2.17. The molecule has 2 atom stereocenters. The second-order valence-electron chi connectivity index (χ2n) is 5.17. The number of benzene rings is 1. The van der Waals surface area contributed by atoms with Crippen molar-refractivity contribution < 1.29 is 19.2 Å². The number of aliphatic hydroxyl groups is 1. The van der Waals surface area contributed by atoms with E-state index in [0.29, 0.717) is 6.42 Å². The quantitative estimate of drug-likeness (QED) is 0.666. The van der Waals surface area contributed by atoms with Crippen LogP contribution in [-0.4, -0.2) is 22.2 Å². The van der Waals surface area contributed by atoms with Crippen molar-refractivity contribution in [3.63, 3.8) is 0 Å². The topological polar surface area (TPSA) is 72.6 Å². The molecule has 0 aromatic heterocycles. The summed E-state index contributed by atoms with van der Waals surface area (Å²) >= 11 is 0. The largest absolute Gasteiger partial charge is 0.487 e. The van der Waals surface area contributed by atoms with Crippen molar-refractivity contribution >= 4 is 5.69 Å². The highest BCUT2D eigenvalue weighted by Crippen LogP contribution is 2.49. The summed E-state index contributed by atoms with van der Waals surface area (Å²) in [5.41, 5.74) is -0.658. The maximum Gasteiger partial charge on any atom is 0.272 e. The van der Waals surface area contributed by atoms with Gasteiger partial charge in [-0.2, -0.15) is 0 Å². The van der Waals surface area contributed by atoms with Crippen LogP contribution in [0.15, 0.2) is 18.2 Å². The van der Waals surface area contributed by atoms with E-state index in [0.717, 1.165) is 18.9 Å². The molecule has 5 nitrogen and oxygen atoms in total. The highest BCUT2D eigenvalue weighted by molar-refractivity contribution is 5.38. The lowest BCUT2D eigenvalue weighted by Gasteiger charge is -2.52. The van der Waals surface area contributed by atoms with Gasteiger partial charge in [0.2, 0.25) is 0 Å². The first kappa shape index (κ1) is 14.7. The normalized spacial score (nSPS) is 24.0. The molecule has 1 saturated carbocycles. The van der Waals surface area contributed by atoms with Crippen LogP contribution in [-0.2, 0) is 0 Å². The highest BCUT2D eigenvalue weighted by atomic mass is 19.1. The van der Waals surface area contributed by atoms with Crippen LogP contribution in [0, 0.1) is 21.3 Å². The first-order valence-corrected chi connectivity index (χ1v) is 6.73. The van der Waals surface area contributed by atoms with E-state index >= 15 is 0 Å². The zero-order chi connectivity index (χ0) is 14.9. The number of nitro groups is 1. The number of halogens is 1. The molecular weight excluding hydrogens is 265 g/mol. The molecule has 0 amide bonds. The minimum absolute atomic E-state index is 0.00113. The molecular formula is C14H18FNO4. The van der Waals surface area contributed by atoms with Crippen LogP contribution in [0.3, 0.4) is 0 Å². The van der Waals surface area contributed by atoms with Crippen LogP contribution in [0.1, 0.15) is 33.1 Å². The van der Waals surface area contributed by atoms with E-state index in [4.69, 9.17) is 4.74 Å². The smallest absolute Gasteiger partial charge is 0.272 e. The molecule has 1 aromatic carbocycles. The minimum atomic E-state index is -0.748. The molecule has 0 saturated heterocycles. The van der Waals surface area contributed by atoms with Gasteiger partial charge in [0, 0.05) is 17.9 Å². The van der Waals surface area contributed by atoms with Gasteiger partial charge < -0.3 is 9.84 Å². The van der Waals surface area contributed by atoms with Gasteiger partial charge in [-0.05, 0) is 18.9 Å². The molecule has 0 spiro atoms. The van der Waals surface area contributed by atoms with Gasteiger partial charge in [-0.1, -0.05) is 13.8 Å². The van der Waals surface area contributed by atoms with Crippen molar-refractivity contribution in [2.45, 2.75) is 45.3 Å². The van der Waals surface area contributed by atoms with Crippen molar-refractivity contribution in [2.24, 2.45) is 5.41 Å². The van der Waals surface area contributed by atoms with Crippen molar-refractivity contribution in [3.8, 4) is 5.75 Å². The van der Waals surface area contributed by atoms with E-state index in [9.17, 15) is 19.6 Å². The van der Waals surface area contributed by atoms with Crippen molar-refractivity contribution in [2.75, 3.05) is 0 Å². The summed E-state index contributed by atoms with van der Waals surface area (Å²) in [4.78, 5) is 9.91. The molecule has 6 heteroatoms. The summed E-state index contributed by atoms with van der Waals surface area (Å²) in [6.45, 7) is 3.93. The van der Waals surface area contributed by atoms with Gasteiger partial charge in [-0.15, -0.1) is 0 Å². The lowest BCUT2D eigenvalue weighted by atomic mass is 9.60. The number of non-ortho nitro benzene ring substituents is 1. The Kier molecular flexibility index (Phi) is 3.94. The fourth-order valence-electron chi connectivity index (χ4n) is 2.92. The Morgan fingerprint density at radius 1 is 1.50 bits per heavy atom. The Hall–Kier alpha value is -1.69. The van der Waals surface area contributed by atoms with Gasteiger partial charge in [0.05, 0.1) is 17.1 Å². The van der Waals surface area contributed by atoms with Gasteiger partial charge in [-0.25, -0.2) is 4.39 Å². The first-order valence-electron chi connectivity index (χ1n) is 6.73. The summed E-state index contributed by atoms with van der Waals surface area (Å²) in [7, 11) is 0. The van der Waals surface area contributed by atoms with E-state index in [1.54, 1.807) is 0 Å². The average Bonchev–Trinajstić information content (AvgIpc) is 2.41. The molecule has 1 aromatic rings. The predicted octanol–water partition coefficient (Wildman–Crippen LogP) is 3.05. The van der Waals surface area contributed by atoms with Crippen molar-refractivity contribution in [1.82, 2.24) is 0 Å². The average molecular weight is 283 g/mol. The highest BCUT2D eigenvalue weighted by Gasteiger charge is 2.53. The summed E-state index contributed by atoms with van der Waals surface area (Å²) in [6, 6.07) is 3.34. The molecule has 2 rings (SSSR count). The molecule has 20 heavy (non-hydrogen) atoms. The van der Waals surface area contributed by atoms with Crippen molar-refractivity contribution in [1.29, 1.82) is 0 Å². The molecule has 1 aliphatic rings. The Labute approximate surface area is 116 Å². The lowest BCUT2D eigenvalue weighted by molar-refractivity contribution is -0.385. The number of hydrogen-bond donors (Lipinski definition) is 1. The fraction of sp³-hybridized carbons (Fsp3) is 0.571. The first-order chi connectivity index (χ1) is 9.44. The zero-order valence-electron chi connectivity index (χ0n) is 11.5. The molecule has 1 N–H and O–H groups in total. The Bertz CT molecular complexity index is 516. The van der Waals surface area contributed by atoms with Gasteiger partial charge in [0.15, 0.2) is 11.6 Å². The second-order valence-corrected chi connectivity index (χ2v) is 5.17. The maximum absolute atomic E-state index is 13.8. The van der Waals surface area contributed by atoms with Crippen LogP contribution in [0.4, 0.5) is 10.1 Å². The molecule has 0 bridgehead atoms. The molecule has 110 valence electrons. The van der Waals surface area contributed by atoms with Crippen LogP contribution < -0.4 is 4.74 Å². The van der Waals surface area contributed by atoms with Crippen molar-refractivity contribution in [3.05, 3.63) is 34.1 Å². The van der Waals surface area contributed by atoms with E-state index < -0.39 is 16.8 Å². The standard InChI is InChI=1S/C14H18FNO4/c1-3-14(4-2)12(17)8-13(14)20-11-6-5-9(16(18)19)7-10(11)15/h5-7,12-13,17H,3-4,8H2,1-2H3. The third kappa shape index (κ3) is 2.24. The molecule has 1 aliphatic carbocycles. The number of nitro benzene ring substituents is 1. The second kappa shape index (κ2) is 5.36. The van der Waals surface area contributed by atoms with E-state index in [1.807, 2.05) is 13.8 Å². The zero-order valence-corrected chi connectivity index (χ0v) is 11.5. The third-order valence-electron chi connectivity index (χ3n) is 4.45. The Morgan fingerprint density at radius 2 is 2.15 bits per heavy atom. The summed E-state index contributed by atoms with van der Waals surface area (Å²) < 4.78 is 19.4. The third-order valence-corrected chi connectivity index (χ3v) is 4.45. The summed E-state index contributed by atoms with van der Waals surface area (Å²) in [5, 5.41) is 20.5. The van der Waals surface area contributed by atoms with E-state index in [1.165, 1.54) is 12.1 Å². The molecule has 0 aliphatic heterocycles. The van der Waals surface area contributed by atoms with Crippen LogP contribution in [0.5, 0.6) is 5.75 Å². The number of aliphatic hydroxyl groups excluding tert-OH is 1. The summed E-state index contributed by atoms with van der Waals surface area (Å²) in [6.07, 6.45) is 1.23. The molecule has 0 heterocycles. The molecule has 0 radical (unpaired) electrons. The lowest BCUT2D eigenvalue weighted by Crippen LogP contribution is -2.59. The summed E-state index contributed by atoms with van der Waals surface area (Å²) in [5.74, 6) is -0.750. The number of nitrogens with zero attached hydrogens (tertiary/aromatic N) is 1. The monoisotopic (exact) mass is 283 g/mol. The number of rotatable bonds is 5. The van der Waals surface area contributed by atoms with Crippen LogP contribution in [0.25, 0.3) is 0 Å². The van der Waals surface area contributed by atoms with Gasteiger partial charge >= 0.3 is 0 Å². The molecule has 2 unspecified atom stereocenters. The van der Waals surface area contributed by atoms with E-state index in [2.05, 4.69) is 0 Å². The van der Waals surface area contributed by atoms with Crippen LogP contribution >= 0.6 is 0 Å². The number of hydrogen-bond acceptors (Lipinski definition) is 4. The van der Waals surface area contributed by atoms with Gasteiger partial charge in [0.1, 0.15) is 6.10 Å². The van der Waals surface area contributed by atoms with Gasteiger partial charge in [-0.3, -0.25) is 10.1 Å². The maximum atomic E-state index is 13.8. The Morgan fingerprint density at radius 3 is 2.60 bits per heavy atom. The predicted molar refractivity (Wildman–Crippen MR) is 71.1 cm³/mol. The number of ether oxygens (including phenoxy) is 1. The molecule has 1 fully saturated rings. The van der Waals surface area contributed by atoms with E-state index in [-0.39, 0.29) is 23.0 Å². The van der Waals surface area contributed by atoms with Crippen LogP contribution in [0.2, 0.25) is 0 Å².